The van der Waals surface area contributed by atoms with E-state index in [-0.39, 0.29) is 6.04 Å². The molecule has 5 nitrogen and oxygen atoms in total. The highest BCUT2D eigenvalue weighted by atomic mass is 32.2. The van der Waals surface area contributed by atoms with Crippen LogP contribution in [-0.4, -0.2) is 52.6 Å². The van der Waals surface area contributed by atoms with Gasteiger partial charge >= 0.3 is 0 Å². The van der Waals surface area contributed by atoms with E-state index in [1.54, 1.807) is 23.5 Å². The molecular formula is C15H24N2O3S. The van der Waals surface area contributed by atoms with Gasteiger partial charge in [0.1, 0.15) is 0 Å². The minimum absolute atomic E-state index is 0.0631. The number of methoxy groups -OCH3 is 1. The van der Waals surface area contributed by atoms with Gasteiger partial charge < -0.3 is 10.1 Å². The molecule has 0 saturated carbocycles. The van der Waals surface area contributed by atoms with Gasteiger partial charge in [0.15, 0.2) is 0 Å². The van der Waals surface area contributed by atoms with Crippen LogP contribution in [0.3, 0.4) is 0 Å². The van der Waals surface area contributed by atoms with Crippen LogP contribution in [0.1, 0.15) is 18.4 Å². The smallest absolute Gasteiger partial charge is 0.243 e. The molecule has 0 amide bonds. The Morgan fingerprint density at radius 1 is 1.33 bits per heavy atom. The molecule has 1 unspecified atom stereocenters. The number of rotatable bonds is 7. The van der Waals surface area contributed by atoms with Gasteiger partial charge in [0.25, 0.3) is 0 Å². The summed E-state index contributed by atoms with van der Waals surface area (Å²) >= 11 is 0. The molecule has 1 saturated heterocycles. The van der Waals surface area contributed by atoms with Gasteiger partial charge in [-0.1, -0.05) is 12.1 Å². The molecule has 2 rings (SSSR count). The van der Waals surface area contributed by atoms with E-state index in [0.29, 0.717) is 24.6 Å². The average molecular weight is 312 g/mol. The molecule has 1 aromatic carbocycles. The number of nitrogens with one attached hydrogen (secondary N) is 1. The maximum atomic E-state index is 12.7. The Balaban J connectivity index is 2.15. The lowest BCUT2D eigenvalue weighted by molar-refractivity contribution is 0.202. The molecular weight excluding hydrogens is 288 g/mol. The summed E-state index contributed by atoms with van der Waals surface area (Å²) in [6.45, 7) is 1.95. The Morgan fingerprint density at radius 2 is 2.05 bits per heavy atom. The molecule has 1 N–H and O–H groups in total. The molecule has 1 atom stereocenters. The first-order valence-corrected chi connectivity index (χ1v) is 8.78. The molecule has 1 aliphatic heterocycles. The highest BCUT2D eigenvalue weighted by Gasteiger charge is 2.34. The zero-order chi connectivity index (χ0) is 15.3. The molecule has 0 aliphatic carbocycles. The second kappa shape index (κ2) is 7.35. The van der Waals surface area contributed by atoms with Crippen molar-refractivity contribution < 1.29 is 13.2 Å². The van der Waals surface area contributed by atoms with Crippen LogP contribution in [0.15, 0.2) is 29.2 Å². The van der Waals surface area contributed by atoms with Gasteiger partial charge in [-0.25, -0.2) is 8.42 Å². The van der Waals surface area contributed by atoms with E-state index < -0.39 is 10.0 Å². The molecule has 1 aromatic rings. The van der Waals surface area contributed by atoms with E-state index in [1.165, 1.54) is 0 Å². The van der Waals surface area contributed by atoms with Crippen molar-refractivity contribution in [1.82, 2.24) is 9.62 Å². The fourth-order valence-electron chi connectivity index (χ4n) is 2.75. The van der Waals surface area contributed by atoms with Crippen molar-refractivity contribution >= 4 is 10.0 Å². The first-order chi connectivity index (χ1) is 10.1. The Morgan fingerprint density at radius 3 is 2.67 bits per heavy atom. The fourth-order valence-corrected chi connectivity index (χ4v) is 4.44. The highest BCUT2D eigenvalue weighted by molar-refractivity contribution is 7.89. The van der Waals surface area contributed by atoms with Crippen molar-refractivity contribution in [3.05, 3.63) is 29.8 Å². The van der Waals surface area contributed by atoms with Crippen LogP contribution in [0.2, 0.25) is 0 Å². The van der Waals surface area contributed by atoms with E-state index >= 15 is 0 Å². The Kier molecular flexibility index (Phi) is 5.75. The minimum Gasteiger partial charge on any atom is -0.384 e. The van der Waals surface area contributed by atoms with Gasteiger partial charge in [0.05, 0.1) is 11.5 Å². The highest BCUT2D eigenvalue weighted by Crippen LogP contribution is 2.25. The standard InChI is InChI=1S/C15H24N2O3S/c1-16-12-14-4-3-10-17(14)21(18,19)15-7-5-13(6-8-15)9-11-20-2/h5-8,14,16H,3-4,9-12H2,1-2H3. The molecule has 21 heavy (non-hydrogen) atoms. The summed E-state index contributed by atoms with van der Waals surface area (Å²) in [4.78, 5) is 0.381. The minimum atomic E-state index is -3.39. The lowest BCUT2D eigenvalue weighted by atomic mass is 10.2. The molecule has 118 valence electrons. The zero-order valence-electron chi connectivity index (χ0n) is 12.7. The topological polar surface area (TPSA) is 58.6 Å². The van der Waals surface area contributed by atoms with Gasteiger partial charge in [-0.2, -0.15) is 4.31 Å². The van der Waals surface area contributed by atoms with Crippen molar-refractivity contribution in [1.29, 1.82) is 0 Å². The summed E-state index contributed by atoms with van der Waals surface area (Å²) in [5, 5.41) is 3.08. The predicted octanol–water partition coefficient (Wildman–Crippen LogP) is 1.25. The van der Waals surface area contributed by atoms with Gasteiger partial charge in [-0.3, -0.25) is 0 Å². The molecule has 0 spiro atoms. The third-order valence-corrected chi connectivity index (χ3v) is 5.85. The normalized spacial score (nSPS) is 20.0. The van der Waals surface area contributed by atoms with Crippen LogP contribution in [0.4, 0.5) is 0 Å². The van der Waals surface area contributed by atoms with E-state index in [4.69, 9.17) is 4.74 Å². The zero-order valence-corrected chi connectivity index (χ0v) is 13.5. The quantitative estimate of drug-likeness (QED) is 0.823. The monoisotopic (exact) mass is 312 g/mol. The Hall–Kier alpha value is -0.950. The van der Waals surface area contributed by atoms with Crippen LogP contribution in [0.5, 0.6) is 0 Å². The summed E-state index contributed by atoms with van der Waals surface area (Å²) in [7, 11) is 0.130. The van der Waals surface area contributed by atoms with Gasteiger partial charge in [-0.05, 0) is 44.0 Å². The third-order valence-electron chi connectivity index (χ3n) is 3.89. The molecule has 0 bridgehead atoms. The van der Waals surface area contributed by atoms with Gasteiger partial charge in [0, 0.05) is 26.2 Å². The lowest BCUT2D eigenvalue weighted by Crippen LogP contribution is -2.40. The SMILES string of the molecule is CNCC1CCCN1S(=O)(=O)c1ccc(CCOC)cc1. The van der Waals surface area contributed by atoms with Crippen molar-refractivity contribution in [3.63, 3.8) is 0 Å². The number of benzene rings is 1. The molecule has 0 radical (unpaired) electrons. The Bertz CT molecular complexity index is 543. The maximum absolute atomic E-state index is 12.7. The second-order valence-corrected chi connectivity index (χ2v) is 7.25. The van der Waals surface area contributed by atoms with Crippen LogP contribution in [0, 0.1) is 0 Å². The average Bonchev–Trinajstić information content (AvgIpc) is 2.95. The largest absolute Gasteiger partial charge is 0.384 e. The summed E-state index contributed by atoms with van der Waals surface area (Å²) in [6.07, 6.45) is 2.65. The predicted molar refractivity (Wildman–Crippen MR) is 82.9 cm³/mol. The molecule has 1 fully saturated rings. The third kappa shape index (κ3) is 3.83. The van der Waals surface area contributed by atoms with E-state index in [9.17, 15) is 8.42 Å². The Labute approximate surface area is 127 Å². The van der Waals surface area contributed by atoms with E-state index in [1.807, 2.05) is 19.2 Å². The summed E-state index contributed by atoms with van der Waals surface area (Å²) in [5.41, 5.74) is 1.09. The second-order valence-electron chi connectivity index (χ2n) is 5.36. The lowest BCUT2D eigenvalue weighted by Gasteiger charge is -2.24. The van der Waals surface area contributed by atoms with E-state index in [2.05, 4.69) is 5.32 Å². The first-order valence-electron chi connectivity index (χ1n) is 7.34. The number of nitrogens with zero attached hydrogens (tertiary/aromatic N) is 1. The molecule has 6 heteroatoms. The van der Waals surface area contributed by atoms with Crippen LogP contribution < -0.4 is 5.32 Å². The van der Waals surface area contributed by atoms with Crippen LogP contribution in [-0.2, 0) is 21.2 Å². The number of ether oxygens (including phenoxy) is 1. The van der Waals surface area contributed by atoms with Crippen LogP contribution in [0.25, 0.3) is 0 Å². The van der Waals surface area contributed by atoms with Crippen molar-refractivity contribution in [3.8, 4) is 0 Å². The number of hydrogen-bond acceptors (Lipinski definition) is 4. The van der Waals surface area contributed by atoms with Gasteiger partial charge in [0.2, 0.25) is 10.0 Å². The van der Waals surface area contributed by atoms with Crippen molar-refractivity contribution in [2.24, 2.45) is 0 Å². The number of likely N-dealkylation sites (N-methyl/N-ethyl adjacent to an activating group) is 1. The van der Waals surface area contributed by atoms with E-state index in [0.717, 1.165) is 24.8 Å². The maximum Gasteiger partial charge on any atom is 0.243 e. The summed E-state index contributed by atoms with van der Waals surface area (Å²) in [6, 6.07) is 7.21. The van der Waals surface area contributed by atoms with Crippen LogP contribution >= 0.6 is 0 Å². The molecule has 1 heterocycles. The summed E-state index contributed by atoms with van der Waals surface area (Å²) < 4.78 is 32.1. The molecule has 1 aliphatic rings. The fraction of sp³-hybridized carbons (Fsp3) is 0.600. The summed E-state index contributed by atoms with van der Waals surface area (Å²) in [5.74, 6) is 0. The molecule has 0 aromatic heterocycles. The van der Waals surface area contributed by atoms with Crippen molar-refractivity contribution in [2.45, 2.75) is 30.2 Å². The number of sulfonamides is 1. The first kappa shape index (κ1) is 16.4. The van der Waals surface area contributed by atoms with Crippen molar-refractivity contribution in [2.75, 3.05) is 33.9 Å². The van der Waals surface area contributed by atoms with Gasteiger partial charge in [-0.15, -0.1) is 0 Å². The number of hydrogen-bond donors (Lipinski definition) is 1.